The lowest BCUT2D eigenvalue weighted by atomic mass is 9.95. The van der Waals surface area contributed by atoms with Gasteiger partial charge in [-0.25, -0.2) is 0 Å². The molecule has 4 N–H and O–H groups in total. The lowest BCUT2D eigenvalue weighted by Crippen LogP contribution is -2.67. The molecule has 6 aromatic rings. The highest BCUT2D eigenvalue weighted by molar-refractivity contribution is 5.18. The minimum Gasteiger partial charge on any atom is -0.388 e. The molecular weight excluding hydrogens is 949 g/mol. The van der Waals surface area contributed by atoms with Crippen molar-refractivity contribution in [2.24, 2.45) is 0 Å². The average Bonchev–Trinajstić information content (AvgIpc) is 3.44. The van der Waals surface area contributed by atoms with Gasteiger partial charge in [0.15, 0.2) is 18.9 Å². The minimum absolute atomic E-state index is 0.000167. The summed E-state index contributed by atoms with van der Waals surface area (Å²) in [6.07, 6.45) is -17.6. The van der Waals surface area contributed by atoms with Crippen molar-refractivity contribution in [2.75, 3.05) is 19.8 Å². The number of aliphatic hydroxyl groups excluding tert-OH is 4. The Kier molecular flexibility index (Phi) is 19.9. The number of ether oxygens (including phenoxy) is 11. The van der Waals surface area contributed by atoms with Crippen LogP contribution in [-0.2, 0) is 91.7 Å². The van der Waals surface area contributed by atoms with Gasteiger partial charge in [-0.2, -0.15) is 0 Å². The predicted octanol–water partition coefficient (Wildman–Crippen LogP) is 6.41. The first-order valence-corrected chi connectivity index (χ1v) is 25.2. The molecule has 3 saturated heterocycles. The van der Waals surface area contributed by atoms with Gasteiger partial charge in [-0.1, -0.05) is 182 Å². The highest BCUT2D eigenvalue weighted by Gasteiger charge is 2.55. The van der Waals surface area contributed by atoms with Crippen molar-refractivity contribution in [1.29, 1.82) is 0 Å². The summed E-state index contributed by atoms with van der Waals surface area (Å²) in [5.74, 6) is 0. The Morgan fingerprint density at radius 3 is 1.14 bits per heavy atom. The van der Waals surface area contributed by atoms with Crippen LogP contribution in [0.4, 0.5) is 0 Å². The van der Waals surface area contributed by atoms with Crippen LogP contribution < -0.4 is 0 Å². The standard InChI is InChI=1S/C59H66O15/c60-46-37-70-58(50(62)49(46)61)74-56-53(67-34-43-25-13-4-14-26-43)51(66-33-42-23-11-3-12-24-42)47(38-64-31-40-19-7-1-8-20-40)72-59(56)73-52-48(39-65-32-41-21-9-2-10-22-41)71-57(63)55(69-36-45-29-17-6-18-30-45)54(52)68-35-44-27-15-5-16-28-44/h1-30,46-63H,31-39H2/t46-,47-,48-,49+,50-,51-,52-,53+,54+,55-,56+,57+,58+,59+/m1/s1. The van der Waals surface area contributed by atoms with Crippen LogP contribution >= 0.6 is 0 Å². The molecule has 0 unspecified atom stereocenters. The molecule has 0 radical (unpaired) electrons. The highest BCUT2D eigenvalue weighted by atomic mass is 16.8. The molecule has 0 spiro atoms. The number of hydrogen-bond acceptors (Lipinski definition) is 15. The van der Waals surface area contributed by atoms with E-state index in [9.17, 15) is 20.4 Å². The summed E-state index contributed by atoms with van der Waals surface area (Å²) in [4.78, 5) is 0. The Hall–Kier alpha value is -5.28. The number of rotatable bonds is 24. The average molecular weight is 1020 g/mol. The Morgan fingerprint density at radius 2 is 0.703 bits per heavy atom. The predicted molar refractivity (Wildman–Crippen MR) is 269 cm³/mol. The summed E-state index contributed by atoms with van der Waals surface area (Å²) in [6, 6.07) is 57.9. The van der Waals surface area contributed by atoms with Gasteiger partial charge < -0.3 is 72.5 Å². The maximum Gasteiger partial charge on any atom is 0.187 e. The Morgan fingerprint density at radius 1 is 0.351 bits per heavy atom. The van der Waals surface area contributed by atoms with Gasteiger partial charge in [0, 0.05) is 0 Å². The Balaban J connectivity index is 1.11. The van der Waals surface area contributed by atoms with Gasteiger partial charge in [0.1, 0.15) is 67.1 Å². The van der Waals surface area contributed by atoms with E-state index in [0.29, 0.717) is 0 Å². The molecule has 0 amide bonds. The van der Waals surface area contributed by atoms with Crippen molar-refractivity contribution in [3.05, 3.63) is 215 Å². The quantitative estimate of drug-likeness (QED) is 0.0522. The van der Waals surface area contributed by atoms with Crippen LogP contribution in [0.3, 0.4) is 0 Å². The normalized spacial score (nSPS) is 29.2. The number of aliphatic hydroxyl groups is 4. The molecule has 3 aliphatic rings. The minimum atomic E-state index is -1.70. The molecule has 0 aromatic heterocycles. The van der Waals surface area contributed by atoms with E-state index in [4.69, 9.17) is 52.1 Å². The third kappa shape index (κ3) is 14.8. The third-order valence-electron chi connectivity index (χ3n) is 13.2. The zero-order valence-corrected chi connectivity index (χ0v) is 41.0. The van der Waals surface area contributed by atoms with E-state index in [1.807, 2.05) is 182 Å². The van der Waals surface area contributed by atoms with Crippen LogP contribution in [0.1, 0.15) is 33.4 Å². The SMILES string of the molecule is O[C@@H]1[C@@H](O)[C@H](O[C@@H]2[C@H](O[C@H]3[C@H](OCc4ccccc4)[C@@H](OCc4ccccc4)[C@@H](O)O[C@@H]3COCc3ccccc3)O[C@H](COCc3ccccc3)[C@@H](OCc3ccccc3)[C@@H]2OCc2ccccc2)OC[C@H]1O. The van der Waals surface area contributed by atoms with Crippen LogP contribution in [0, 0.1) is 0 Å². The second-order valence-electron chi connectivity index (χ2n) is 18.6. The molecular formula is C59H66O15. The molecule has 6 aromatic carbocycles. The first kappa shape index (κ1) is 53.5. The van der Waals surface area contributed by atoms with E-state index in [-0.39, 0.29) is 59.5 Å². The largest absolute Gasteiger partial charge is 0.388 e. The first-order valence-electron chi connectivity index (χ1n) is 25.2. The van der Waals surface area contributed by atoms with Crippen molar-refractivity contribution in [3.63, 3.8) is 0 Å². The van der Waals surface area contributed by atoms with Gasteiger partial charge in [-0.05, 0) is 33.4 Å². The zero-order chi connectivity index (χ0) is 50.9. The van der Waals surface area contributed by atoms with Crippen LogP contribution in [0.15, 0.2) is 182 Å². The molecule has 15 heteroatoms. The highest BCUT2D eigenvalue weighted by Crippen LogP contribution is 2.37. The smallest absolute Gasteiger partial charge is 0.187 e. The summed E-state index contributed by atoms with van der Waals surface area (Å²) >= 11 is 0. The van der Waals surface area contributed by atoms with Crippen molar-refractivity contribution < 1.29 is 72.5 Å². The monoisotopic (exact) mass is 1010 g/mol. The van der Waals surface area contributed by atoms with Crippen molar-refractivity contribution in [3.8, 4) is 0 Å². The third-order valence-corrected chi connectivity index (χ3v) is 13.2. The van der Waals surface area contributed by atoms with Crippen molar-refractivity contribution in [1.82, 2.24) is 0 Å². The van der Waals surface area contributed by atoms with E-state index in [0.717, 1.165) is 33.4 Å². The Labute approximate surface area is 432 Å². The molecule has 0 bridgehead atoms. The molecule has 15 nitrogen and oxygen atoms in total. The maximum absolute atomic E-state index is 12.0. The van der Waals surface area contributed by atoms with Crippen LogP contribution in [0.5, 0.6) is 0 Å². The molecule has 0 aliphatic carbocycles. The fourth-order valence-electron chi connectivity index (χ4n) is 9.23. The second kappa shape index (κ2) is 27.5. The van der Waals surface area contributed by atoms with E-state index >= 15 is 0 Å². The summed E-state index contributed by atoms with van der Waals surface area (Å²) in [7, 11) is 0. The van der Waals surface area contributed by atoms with E-state index < -0.39 is 86.0 Å². The van der Waals surface area contributed by atoms with E-state index in [2.05, 4.69) is 0 Å². The van der Waals surface area contributed by atoms with Crippen molar-refractivity contribution in [2.45, 2.75) is 126 Å². The number of benzene rings is 6. The fraction of sp³-hybridized carbons (Fsp3) is 0.390. The second-order valence-corrected chi connectivity index (χ2v) is 18.6. The fourth-order valence-corrected chi connectivity index (χ4v) is 9.23. The summed E-state index contributed by atoms with van der Waals surface area (Å²) in [5.41, 5.74) is 5.30. The molecule has 0 saturated carbocycles. The zero-order valence-electron chi connectivity index (χ0n) is 41.0. The van der Waals surface area contributed by atoms with Gasteiger partial charge >= 0.3 is 0 Å². The lowest BCUT2D eigenvalue weighted by Gasteiger charge is -2.50. The summed E-state index contributed by atoms with van der Waals surface area (Å²) in [5, 5.41) is 45.0. The molecule has 392 valence electrons. The summed E-state index contributed by atoms with van der Waals surface area (Å²) < 4.78 is 73.6. The Bertz CT molecular complexity index is 2480. The lowest BCUT2D eigenvalue weighted by molar-refractivity contribution is -0.392. The maximum atomic E-state index is 12.0. The van der Waals surface area contributed by atoms with E-state index in [1.165, 1.54) is 0 Å². The number of hydrogen-bond donors (Lipinski definition) is 4. The van der Waals surface area contributed by atoms with Crippen LogP contribution in [-0.4, -0.2) is 126 Å². The molecule has 3 aliphatic heterocycles. The van der Waals surface area contributed by atoms with Crippen molar-refractivity contribution >= 4 is 0 Å². The molecule has 74 heavy (non-hydrogen) atoms. The topological polar surface area (TPSA) is 182 Å². The molecule has 14 atom stereocenters. The van der Waals surface area contributed by atoms with Gasteiger partial charge in [-0.3, -0.25) is 0 Å². The molecule has 9 rings (SSSR count). The van der Waals surface area contributed by atoms with Gasteiger partial charge in [0.25, 0.3) is 0 Å². The summed E-state index contributed by atoms with van der Waals surface area (Å²) in [6.45, 7) is 0.498. The first-order chi connectivity index (χ1) is 36.4. The van der Waals surface area contributed by atoms with Gasteiger partial charge in [0.2, 0.25) is 0 Å². The molecule has 3 heterocycles. The van der Waals surface area contributed by atoms with Crippen LogP contribution in [0.2, 0.25) is 0 Å². The van der Waals surface area contributed by atoms with Gasteiger partial charge in [-0.15, -0.1) is 0 Å². The van der Waals surface area contributed by atoms with Crippen LogP contribution in [0.25, 0.3) is 0 Å². The van der Waals surface area contributed by atoms with E-state index in [1.54, 1.807) is 0 Å². The van der Waals surface area contributed by atoms with Gasteiger partial charge in [0.05, 0.1) is 59.5 Å². The molecule has 3 fully saturated rings.